The number of hydrogen-bond donors (Lipinski definition) is 3. The van der Waals surface area contributed by atoms with E-state index < -0.39 is 0 Å². The fourth-order valence-electron chi connectivity index (χ4n) is 3.64. The van der Waals surface area contributed by atoms with Crippen molar-refractivity contribution in [3.05, 3.63) is 112 Å². The molecule has 0 aliphatic heterocycles. The van der Waals surface area contributed by atoms with Crippen molar-refractivity contribution in [2.45, 2.75) is 0 Å². The van der Waals surface area contributed by atoms with E-state index in [4.69, 9.17) is 23.2 Å². The molecule has 5 aromatic rings. The predicted octanol–water partition coefficient (Wildman–Crippen LogP) is 7.04. The van der Waals surface area contributed by atoms with E-state index in [-0.39, 0.29) is 27.4 Å². The number of benzene rings is 4. The van der Waals surface area contributed by atoms with Crippen molar-refractivity contribution in [3.63, 3.8) is 0 Å². The van der Waals surface area contributed by atoms with Crippen molar-refractivity contribution in [2.24, 2.45) is 0 Å². The first-order valence-electron chi connectivity index (χ1n) is 10.7. The van der Waals surface area contributed by atoms with Crippen LogP contribution in [-0.2, 0) is 0 Å². The number of hydrogen-bond acceptors (Lipinski definition) is 3. The van der Waals surface area contributed by atoms with Crippen LogP contribution in [0.15, 0.2) is 91.0 Å². The number of carbonyl (C=O) groups is 2. The number of aromatic nitrogens is 2. The van der Waals surface area contributed by atoms with Gasteiger partial charge >= 0.3 is 0 Å². The highest BCUT2D eigenvalue weighted by molar-refractivity contribution is 6.40. The Kier molecular flexibility index (Phi) is 6.23. The fraction of sp³-hybridized carbons (Fsp3) is 0. The minimum absolute atomic E-state index is 0.180. The van der Waals surface area contributed by atoms with Crippen molar-refractivity contribution in [1.82, 2.24) is 9.97 Å². The zero-order chi connectivity index (χ0) is 24.4. The quantitative estimate of drug-likeness (QED) is 0.241. The maximum Gasteiger partial charge on any atom is 0.258 e. The summed E-state index contributed by atoms with van der Waals surface area (Å²) in [4.78, 5) is 32.9. The molecule has 0 atom stereocenters. The van der Waals surface area contributed by atoms with E-state index in [9.17, 15) is 9.59 Å². The molecule has 4 aromatic carbocycles. The Morgan fingerprint density at radius 2 is 1.37 bits per heavy atom. The topological polar surface area (TPSA) is 86.9 Å². The third-order valence-electron chi connectivity index (χ3n) is 5.38. The van der Waals surface area contributed by atoms with E-state index in [1.54, 1.807) is 42.5 Å². The third kappa shape index (κ3) is 4.89. The van der Waals surface area contributed by atoms with Crippen LogP contribution in [0.2, 0.25) is 10.0 Å². The molecule has 0 fully saturated rings. The molecule has 8 heteroatoms. The van der Waals surface area contributed by atoms with Crippen molar-refractivity contribution in [3.8, 4) is 11.4 Å². The lowest BCUT2D eigenvalue weighted by Crippen LogP contribution is -2.13. The minimum Gasteiger partial charge on any atom is -0.338 e. The number of nitrogens with zero attached hydrogens (tertiary/aromatic N) is 1. The van der Waals surface area contributed by atoms with Gasteiger partial charge in [0.15, 0.2) is 0 Å². The van der Waals surface area contributed by atoms with Gasteiger partial charge in [-0.2, -0.15) is 0 Å². The van der Waals surface area contributed by atoms with Gasteiger partial charge in [0.05, 0.1) is 26.6 Å². The van der Waals surface area contributed by atoms with Gasteiger partial charge in [0.2, 0.25) is 0 Å². The highest BCUT2D eigenvalue weighted by Crippen LogP contribution is 2.27. The van der Waals surface area contributed by atoms with Gasteiger partial charge in [0.25, 0.3) is 11.8 Å². The van der Waals surface area contributed by atoms with E-state index >= 15 is 0 Å². The number of imidazole rings is 1. The van der Waals surface area contributed by atoms with Gasteiger partial charge < -0.3 is 15.6 Å². The first kappa shape index (κ1) is 22.7. The fourth-order valence-corrected chi connectivity index (χ4v) is 4.21. The Bertz CT molecular complexity index is 1530. The summed E-state index contributed by atoms with van der Waals surface area (Å²) in [5.74, 6) is 0.0983. The number of halogens is 2. The molecule has 1 heterocycles. The van der Waals surface area contributed by atoms with E-state index in [0.29, 0.717) is 22.8 Å². The van der Waals surface area contributed by atoms with Crippen LogP contribution in [0, 0.1) is 0 Å². The molecule has 0 unspecified atom stereocenters. The van der Waals surface area contributed by atoms with Crippen molar-refractivity contribution in [1.29, 1.82) is 0 Å². The molecule has 3 N–H and O–H groups in total. The van der Waals surface area contributed by atoms with Gasteiger partial charge in [0, 0.05) is 22.5 Å². The van der Waals surface area contributed by atoms with Gasteiger partial charge in [-0.15, -0.1) is 0 Å². The molecule has 0 aliphatic rings. The van der Waals surface area contributed by atoms with Crippen LogP contribution in [0.1, 0.15) is 20.7 Å². The lowest BCUT2D eigenvalue weighted by molar-refractivity contribution is 0.101. The van der Waals surface area contributed by atoms with Gasteiger partial charge in [-0.05, 0) is 66.7 Å². The number of anilines is 2. The number of rotatable bonds is 5. The summed E-state index contributed by atoms with van der Waals surface area (Å²) in [6.07, 6.45) is 0. The number of fused-ring (bicyclic) bond motifs is 1. The van der Waals surface area contributed by atoms with Crippen LogP contribution in [0.3, 0.4) is 0 Å². The maximum atomic E-state index is 12.6. The molecule has 172 valence electrons. The summed E-state index contributed by atoms with van der Waals surface area (Å²) < 4.78 is 0. The molecule has 0 spiro atoms. The van der Waals surface area contributed by atoms with Gasteiger partial charge in [-0.3, -0.25) is 9.59 Å². The summed E-state index contributed by atoms with van der Waals surface area (Å²) in [5, 5.41) is 6.28. The summed E-state index contributed by atoms with van der Waals surface area (Å²) in [7, 11) is 0. The van der Waals surface area contributed by atoms with Crippen LogP contribution >= 0.6 is 23.2 Å². The summed E-state index contributed by atoms with van der Waals surface area (Å²) in [6, 6.07) is 26.7. The molecular formula is C27H18Cl2N4O2. The van der Waals surface area contributed by atoms with Crippen LogP contribution in [0.4, 0.5) is 11.4 Å². The van der Waals surface area contributed by atoms with Crippen molar-refractivity contribution in [2.75, 3.05) is 10.6 Å². The lowest BCUT2D eigenvalue weighted by atomic mass is 10.1. The number of amides is 2. The van der Waals surface area contributed by atoms with Crippen molar-refractivity contribution >= 4 is 57.4 Å². The minimum atomic E-state index is -0.387. The van der Waals surface area contributed by atoms with Gasteiger partial charge in [-0.25, -0.2) is 4.98 Å². The van der Waals surface area contributed by atoms with Crippen LogP contribution < -0.4 is 10.6 Å². The Hall–Kier alpha value is -4.13. The first-order chi connectivity index (χ1) is 17.0. The van der Waals surface area contributed by atoms with E-state index in [0.717, 1.165) is 16.6 Å². The standard InChI is InChI=1S/C27H18Cl2N4O2/c28-20-7-4-8-21(29)24(20)27(35)30-18-11-9-16(10-12-18)25-32-22-14-13-19(15-23(22)33-25)31-26(34)17-5-2-1-3-6-17/h1-15H,(H,30,35)(H,31,34)(H,32,33). The molecule has 35 heavy (non-hydrogen) atoms. The monoisotopic (exact) mass is 500 g/mol. The van der Waals surface area contributed by atoms with Gasteiger partial charge in [-0.1, -0.05) is 47.5 Å². The van der Waals surface area contributed by atoms with Crippen LogP contribution in [0.5, 0.6) is 0 Å². The molecule has 5 rings (SSSR count). The number of nitrogens with one attached hydrogen (secondary N) is 3. The maximum absolute atomic E-state index is 12.6. The number of carbonyl (C=O) groups excluding carboxylic acids is 2. The molecule has 2 amide bonds. The number of aromatic amines is 1. The average molecular weight is 501 g/mol. The van der Waals surface area contributed by atoms with E-state index in [1.165, 1.54) is 0 Å². The largest absolute Gasteiger partial charge is 0.338 e. The zero-order valence-corrected chi connectivity index (χ0v) is 19.7. The molecular weight excluding hydrogens is 483 g/mol. The van der Waals surface area contributed by atoms with E-state index in [1.807, 2.05) is 48.5 Å². The van der Waals surface area contributed by atoms with Crippen LogP contribution in [-0.4, -0.2) is 21.8 Å². The zero-order valence-electron chi connectivity index (χ0n) is 18.2. The Balaban J connectivity index is 1.32. The SMILES string of the molecule is O=C(Nc1ccc2nc(-c3ccc(NC(=O)c4c(Cl)cccc4Cl)cc3)[nH]c2c1)c1ccccc1. The first-order valence-corrected chi connectivity index (χ1v) is 11.5. The molecule has 1 aromatic heterocycles. The molecule has 6 nitrogen and oxygen atoms in total. The highest BCUT2D eigenvalue weighted by Gasteiger charge is 2.15. The second-order valence-corrected chi connectivity index (χ2v) is 8.58. The van der Waals surface area contributed by atoms with Crippen molar-refractivity contribution < 1.29 is 9.59 Å². The van der Waals surface area contributed by atoms with Crippen LogP contribution in [0.25, 0.3) is 22.4 Å². The normalized spacial score (nSPS) is 10.8. The second kappa shape index (κ2) is 9.62. The average Bonchev–Trinajstić information content (AvgIpc) is 3.28. The van der Waals surface area contributed by atoms with Gasteiger partial charge in [0.1, 0.15) is 5.82 Å². The summed E-state index contributed by atoms with van der Waals surface area (Å²) in [6.45, 7) is 0. The Morgan fingerprint density at radius 3 is 2.09 bits per heavy atom. The molecule has 0 aliphatic carbocycles. The van der Waals surface area contributed by atoms with E-state index in [2.05, 4.69) is 20.6 Å². The molecule has 0 saturated carbocycles. The highest BCUT2D eigenvalue weighted by atomic mass is 35.5. The molecule has 0 radical (unpaired) electrons. The Labute approximate surface area is 210 Å². The summed E-state index contributed by atoms with van der Waals surface area (Å²) >= 11 is 12.2. The molecule has 0 saturated heterocycles. The smallest absolute Gasteiger partial charge is 0.258 e. The number of H-pyrrole nitrogens is 1. The Morgan fingerprint density at radius 1 is 0.714 bits per heavy atom. The molecule has 0 bridgehead atoms. The lowest BCUT2D eigenvalue weighted by Gasteiger charge is -2.08. The third-order valence-corrected chi connectivity index (χ3v) is 6.01. The second-order valence-electron chi connectivity index (χ2n) is 7.77. The summed E-state index contributed by atoms with van der Waals surface area (Å²) in [5.41, 5.74) is 4.47. The predicted molar refractivity (Wildman–Crippen MR) is 140 cm³/mol.